The van der Waals surface area contributed by atoms with Crippen molar-refractivity contribution in [2.75, 3.05) is 12.4 Å². The molecule has 0 saturated carbocycles. The number of hydrogen-bond donors (Lipinski definition) is 0. The molecule has 3 atom stereocenters. The number of alkyl halides is 1. The zero-order valence-electron chi connectivity index (χ0n) is 6.49. The molecule has 2 aliphatic rings. The van der Waals surface area contributed by atoms with Gasteiger partial charge in [-0.05, 0) is 6.92 Å². The zero-order chi connectivity index (χ0) is 8.98. The van der Waals surface area contributed by atoms with Crippen LogP contribution in [0.2, 0.25) is 0 Å². The van der Waals surface area contributed by atoms with E-state index in [0.717, 1.165) is 0 Å². The second-order valence-electron chi connectivity index (χ2n) is 3.17. The van der Waals surface area contributed by atoms with Crippen LogP contribution in [0.3, 0.4) is 0 Å². The van der Waals surface area contributed by atoms with Gasteiger partial charge in [-0.3, -0.25) is 0 Å². The normalized spacial score (nSPS) is 50.8. The second-order valence-corrected chi connectivity index (χ2v) is 5.96. The molecular formula is C6H9ClO4S. The minimum absolute atomic E-state index is 0.0678. The first-order valence-electron chi connectivity index (χ1n) is 3.64. The summed E-state index contributed by atoms with van der Waals surface area (Å²) in [6.07, 6.45) is -0.0678. The number of ether oxygens (including phenoxy) is 2. The van der Waals surface area contributed by atoms with Gasteiger partial charge >= 0.3 is 0 Å². The summed E-state index contributed by atoms with van der Waals surface area (Å²) < 4.78 is 31.5. The van der Waals surface area contributed by atoms with Gasteiger partial charge in [0.15, 0.2) is 14.5 Å². The van der Waals surface area contributed by atoms with Crippen LogP contribution in [0.1, 0.15) is 6.92 Å². The molecule has 0 radical (unpaired) electrons. The first-order valence-corrected chi connectivity index (χ1v) is 5.79. The Morgan fingerprint density at radius 2 is 2.25 bits per heavy atom. The molecule has 0 bridgehead atoms. The van der Waals surface area contributed by atoms with Crippen LogP contribution >= 0.6 is 11.6 Å². The van der Waals surface area contributed by atoms with Gasteiger partial charge in [-0.2, -0.15) is 0 Å². The summed E-state index contributed by atoms with van der Waals surface area (Å²) in [5, 5.41) is 0. The standard InChI is InChI=1S/C6H9ClO4S/c1-4-2-10-6(11-4)3-12(8,9)5(6)7/h4-5H,2-3H2,1H3. The molecule has 0 amide bonds. The van der Waals surface area contributed by atoms with Gasteiger partial charge < -0.3 is 9.47 Å². The Morgan fingerprint density at radius 3 is 2.58 bits per heavy atom. The van der Waals surface area contributed by atoms with E-state index in [2.05, 4.69) is 0 Å². The lowest BCUT2D eigenvalue weighted by Crippen LogP contribution is -2.61. The Balaban J connectivity index is 2.19. The SMILES string of the molecule is CC1COC2(CS(=O)(=O)C2Cl)O1. The van der Waals surface area contributed by atoms with E-state index in [-0.39, 0.29) is 11.9 Å². The largest absolute Gasteiger partial charge is 0.344 e. The molecule has 1 spiro atoms. The lowest BCUT2D eigenvalue weighted by atomic mass is 10.3. The fraction of sp³-hybridized carbons (Fsp3) is 1.00. The first-order chi connectivity index (χ1) is 5.46. The van der Waals surface area contributed by atoms with E-state index >= 15 is 0 Å². The van der Waals surface area contributed by atoms with Gasteiger partial charge in [0, 0.05) is 0 Å². The molecule has 4 nitrogen and oxygen atoms in total. The predicted octanol–water partition coefficient (Wildman–Crippen LogP) is 0.111. The molecule has 12 heavy (non-hydrogen) atoms. The van der Waals surface area contributed by atoms with Crippen molar-refractivity contribution in [3.05, 3.63) is 0 Å². The van der Waals surface area contributed by atoms with Crippen LogP contribution in [0.5, 0.6) is 0 Å². The van der Waals surface area contributed by atoms with Gasteiger partial charge in [0.1, 0.15) is 5.75 Å². The summed E-state index contributed by atoms with van der Waals surface area (Å²) in [6, 6.07) is 0. The molecular weight excluding hydrogens is 204 g/mol. The lowest BCUT2D eigenvalue weighted by molar-refractivity contribution is -0.149. The van der Waals surface area contributed by atoms with E-state index in [1.165, 1.54) is 0 Å². The van der Waals surface area contributed by atoms with Crippen LogP contribution in [0.15, 0.2) is 0 Å². The number of sulfone groups is 1. The predicted molar refractivity (Wildman–Crippen MR) is 42.7 cm³/mol. The smallest absolute Gasteiger partial charge is 0.214 e. The van der Waals surface area contributed by atoms with Gasteiger partial charge in [0.2, 0.25) is 5.79 Å². The molecule has 2 fully saturated rings. The van der Waals surface area contributed by atoms with Crippen LogP contribution in [0.4, 0.5) is 0 Å². The van der Waals surface area contributed by atoms with E-state index in [4.69, 9.17) is 21.1 Å². The van der Waals surface area contributed by atoms with Gasteiger partial charge in [-0.15, -0.1) is 0 Å². The van der Waals surface area contributed by atoms with Crippen molar-refractivity contribution in [1.82, 2.24) is 0 Å². The highest BCUT2D eigenvalue weighted by Gasteiger charge is 2.63. The first kappa shape index (κ1) is 8.74. The molecule has 0 aromatic carbocycles. The molecule has 2 saturated heterocycles. The van der Waals surface area contributed by atoms with E-state index < -0.39 is 20.3 Å². The molecule has 0 aromatic heterocycles. The summed E-state index contributed by atoms with van der Waals surface area (Å²) >= 11 is 5.63. The fourth-order valence-corrected chi connectivity index (χ4v) is 3.41. The minimum Gasteiger partial charge on any atom is -0.344 e. The van der Waals surface area contributed by atoms with Gasteiger partial charge in [-0.25, -0.2) is 8.42 Å². The third-order valence-corrected chi connectivity index (χ3v) is 4.97. The fourth-order valence-electron chi connectivity index (χ4n) is 1.45. The number of rotatable bonds is 0. The summed E-state index contributed by atoms with van der Waals surface area (Å²) in [4.78, 5) is 0. The average molecular weight is 213 g/mol. The minimum atomic E-state index is -3.16. The summed E-state index contributed by atoms with van der Waals surface area (Å²) in [5.74, 6) is -1.15. The Bertz CT molecular complexity index is 301. The topological polar surface area (TPSA) is 52.6 Å². The Labute approximate surface area is 75.7 Å². The third kappa shape index (κ3) is 1.00. The van der Waals surface area contributed by atoms with Crippen molar-refractivity contribution < 1.29 is 17.9 Å². The molecule has 0 aromatic rings. The van der Waals surface area contributed by atoms with Crippen molar-refractivity contribution in [2.24, 2.45) is 0 Å². The van der Waals surface area contributed by atoms with E-state index in [1.807, 2.05) is 6.92 Å². The van der Waals surface area contributed by atoms with Crippen molar-refractivity contribution >= 4 is 21.4 Å². The summed E-state index contributed by atoms with van der Waals surface area (Å²) in [7, 11) is -3.16. The van der Waals surface area contributed by atoms with E-state index in [1.54, 1.807) is 0 Å². The molecule has 0 N–H and O–H groups in total. The van der Waals surface area contributed by atoms with Gasteiger partial charge in [0.05, 0.1) is 12.7 Å². The highest BCUT2D eigenvalue weighted by Crippen LogP contribution is 2.43. The van der Waals surface area contributed by atoms with Crippen molar-refractivity contribution in [2.45, 2.75) is 23.5 Å². The maximum absolute atomic E-state index is 11.0. The van der Waals surface area contributed by atoms with Crippen molar-refractivity contribution in [1.29, 1.82) is 0 Å². The molecule has 0 aliphatic carbocycles. The third-order valence-electron chi connectivity index (χ3n) is 2.03. The molecule has 2 heterocycles. The van der Waals surface area contributed by atoms with E-state index in [9.17, 15) is 8.42 Å². The molecule has 3 unspecified atom stereocenters. The highest BCUT2D eigenvalue weighted by molar-refractivity contribution is 7.95. The van der Waals surface area contributed by atoms with Crippen LogP contribution in [0, 0.1) is 0 Å². The number of hydrogen-bond acceptors (Lipinski definition) is 4. The Hall–Kier alpha value is 0.160. The van der Waals surface area contributed by atoms with Crippen LogP contribution < -0.4 is 0 Å². The van der Waals surface area contributed by atoms with Crippen molar-refractivity contribution in [3.63, 3.8) is 0 Å². The Kier molecular flexibility index (Phi) is 1.71. The zero-order valence-corrected chi connectivity index (χ0v) is 8.06. The average Bonchev–Trinajstić information content (AvgIpc) is 2.32. The molecule has 70 valence electrons. The van der Waals surface area contributed by atoms with Crippen molar-refractivity contribution in [3.8, 4) is 0 Å². The molecule has 2 aliphatic heterocycles. The lowest BCUT2D eigenvalue weighted by Gasteiger charge is -2.39. The van der Waals surface area contributed by atoms with Gasteiger partial charge in [-0.1, -0.05) is 11.6 Å². The maximum Gasteiger partial charge on any atom is 0.214 e. The van der Waals surface area contributed by atoms with E-state index in [0.29, 0.717) is 6.61 Å². The van der Waals surface area contributed by atoms with Gasteiger partial charge in [0.25, 0.3) is 0 Å². The molecule has 6 heteroatoms. The maximum atomic E-state index is 11.0. The second kappa shape index (κ2) is 2.35. The Morgan fingerprint density at radius 1 is 1.58 bits per heavy atom. The molecule has 2 rings (SSSR count). The highest BCUT2D eigenvalue weighted by atomic mass is 35.5. The summed E-state index contributed by atoms with van der Waals surface area (Å²) in [5.41, 5.74) is 0. The van der Waals surface area contributed by atoms with Crippen LogP contribution in [0.25, 0.3) is 0 Å². The van der Waals surface area contributed by atoms with Crippen LogP contribution in [-0.2, 0) is 19.3 Å². The number of halogens is 1. The quantitative estimate of drug-likeness (QED) is 0.535. The summed E-state index contributed by atoms with van der Waals surface area (Å²) in [6.45, 7) is 2.24. The monoisotopic (exact) mass is 212 g/mol. The van der Waals surface area contributed by atoms with Crippen LogP contribution in [-0.4, -0.2) is 37.4 Å².